The van der Waals surface area contributed by atoms with Gasteiger partial charge < -0.3 is 20.5 Å². The van der Waals surface area contributed by atoms with Crippen LogP contribution in [0.5, 0.6) is 0 Å². The Balaban J connectivity index is 1.22. The Labute approximate surface area is 185 Å². The maximum atomic E-state index is 12.1. The fraction of sp³-hybridized carbons (Fsp3) is 0.240. The van der Waals surface area contributed by atoms with Gasteiger partial charge in [0.15, 0.2) is 0 Å². The van der Waals surface area contributed by atoms with Gasteiger partial charge in [-0.05, 0) is 35.1 Å². The van der Waals surface area contributed by atoms with Crippen LogP contribution in [-0.2, 0) is 14.3 Å². The van der Waals surface area contributed by atoms with Crippen LogP contribution in [0.1, 0.15) is 29.9 Å². The molecule has 0 heterocycles. The summed E-state index contributed by atoms with van der Waals surface area (Å²) in [4.78, 5) is 35.0. The quantitative estimate of drug-likeness (QED) is 0.582. The number of nitrogens with one attached hydrogen (secondary N) is 2. The first-order valence-corrected chi connectivity index (χ1v) is 10.5. The smallest absolute Gasteiger partial charge is 0.407 e. The summed E-state index contributed by atoms with van der Waals surface area (Å²) in [5.74, 6) is -1.29. The molecular weight excluding hydrogens is 408 g/mol. The van der Waals surface area contributed by atoms with Gasteiger partial charge in [0.2, 0.25) is 5.91 Å². The Kier molecular flexibility index (Phi) is 6.35. The number of carboxylic acid groups (broad SMARTS) is 1. The van der Waals surface area contributed by atoms with Crippen LogP contribution in [0, 0.1) is 0 Å². The van der Waals surface area contributed by atoms with Crippen LogP contribution >= 0.6 is 0 Å². The SMILES string of the molecule is O=C(/C=C/CNC(=O)OCC1c2ccccc2-c2ccccc21)NC1CC=C(C(=O)O)C1. The lowest BCUT2D eigenvalue weighted by Crippen LogP contribution is -2.32. The van der Waals surface area contributed by atoms with E-state index in [0.29, 0.717) is 18.4 Å². The molecule has 32 heavy (non-hydrogen) atoms. The highest BCUT2D eigenvalue weighted by atomic mass is 16.5. The Hall–Kier alpha value is -3.87. The number of benzene rings is 2. The van der Waals surface area contributed by atoms with Crippen LogP contribution in [0.4, 0.5) is 4.79 Å². The molecule has 2 aliphatic rings. The van der Waals surface area contributed by atoms with E-state index >= 15 is 0 Å². The fourth-order valence-electron chi connectivity index (χ4n) is 4.21. The molecule has 7 nitrogen and oxygen atoms in total. The minimum atomic E-state index is -0.954. The normalized spacial score (nSPS) is 16.9. The summed E-state index contributed by atoms with van der Waals surface area (Å²) in [5, 5.41) is 14.3. The number of fused-ring (bicyclic) bond motifs is 3. The molecule has 164 valence electrons. The highest BCUT2D eigenvalue weighted by Gasteiger charge is 2.29. The van der Waals surface area contributed by atoms with Crippen LogP contribution in [0.25, 0.3) is 11.1 Å². The van der Waals surface area contributed by atoms with Crippen molar-refractivity contribution in [2.45, 2.75) is 24.8 Å². The van der Waals surface area contributed by atoms with E-state index in [2.05, 4.69) is 34.9 Å². The number of aliphatic carboxylic acids is 1. The molecule has 0 fully saturated rings. The molecule has 0 bridgehead atoms. The van der Waals surface area contributed by atoms with E-state index in [4.69, 9.17) is 9.84 Å². The van der Waals surface area contributed by atoms with Crippen molar-refractivity contribution in [1.29, 1.82) is 0 Å². The van der Waals surface area contributed by atoms with Gasteiger partial charge in [-0.2, -0.15) is 0 Å². The van der Waals surface area contributed by atoms with Crippen molar-refractivity contribution >= 4 is 18.0 Å². The zero-order valence-corrected chi connectivity index (χ0v) is 17.4. The van der Waals surface area contributed by atoms with Crippen molar-refractivity contribution in [3.63, 3.8) is 0 Å². The second-order valence-corrected chi connectivity index (χ2v) is 7.79. The third-order valence-electron chi connectivity index (χ3n) is 5.71. The zero-order valence-electron chi connectivity index (χ0n) is 17.4. The van der Waals surface area contributed by atoms with E-state index in [-0.39, 0.29) is 31.0 Å². The van der Waals surface area contributed by atoms with Crippen LogP contribution in [0.3, 0.4) is 0 Å². The molecule has 0 radical (unpaired) electrons. The van der Waals surface area contributed by atoms with E-state index in [0.717, 1.165) is 11.1 Å². The first kappa shape index (κ1) is 21.4. The number of amides is 2. The second-order valence-electron chi connectivity index (χ2n) is 7.79. The van der Waals surface area contributed by atoms with E-state index in [1.165, 1.54) is 23.3 Å². The number of alkyl carbamates (subject to hydrolysis) is 1. The molecule has 2 aromatic rings. The monoisotopic (exact) mass is 432 g/mol. The predicted molar refractivity (Wildman–Crippen MR) is 119 cm³/mol. The van der Waals surface area contributed by atoms with Gasteiger partial charge in [-0.1, -0.05) is 60.7 Å². The number of carbonyl (C=O) groups is 3. The van der Waals surface area contributed by atoms with Crippen LogP contribution in [-0.4, -0.2) is 42.3 Å². The van der Waals surface area contributed by atoms with E-state index < -0.39 is 12.1 Å². The van der Waals surface area contributed by atoms with Crippen LogP contribution in [0.2, 0.25) is 0 Å². The molecule has 2 aromatic carbocycles. The van der Waals surface area contributed by atoms with Crippen molar-refractivity contribution in [2.75, 3.05) is 13.2 Å². The van der Waals surface area contributed by atoms with E-state index in [9.17, 15) is 14.4 Å². The molecular formula is C25H24N2O5. The van der Waals surface area contributed by atoms with Crippen molar-refractivity contribution in [3.05, 3.63) is 83.5 Å². The highest BCUT2D eigenvalue weighted by Crippen LogP contribution is 2.44. The summed E-state index contributed by atoms with van der Waals surface area (Å²) in [6.45, 7) is 0.373. The number of rotatable bonds is 7. The largest absolute Gasteiger partial charge is 0.478 e. The Morgan fingerprint density at radius 3 is 2.31 bits per heavy atom. The molecule has 1 atom stereocenters. The van der Waals surface area contributed by atoms with Crippen molar-refractivity contribution in [3.8, 4) is 11.1 Å². The molecule has 2 amide bonds. The molecule has 0 aromatic heterocycles. The Bertz CT molecular complexity index is 1060. The maximum absolute atomic E-state index is 12.1. The molecule has 0 saturated carbocycles. The van der Waals surface area contributed by atoms with Gasteiger partial charge >= 0.3 is 12.1 Å². The number of hydrogen-bond acceptors (Lipinski definition) is 4. The summed E-state index contributed by atoms with van der Waals surface area (Å²) >= 11 is 0. The lowest BCUT2D eigenvalue weighted by Gasteiger charge is -2.14. The predicted octanol–water partition coefficient (Wildman–Crippen LogP) is 3.37. The average molecular weight is 432 g/mol. The molecule has 7 heteroatoms. The molecule has 2 aliphatic carbocycles. The third kappa shape index (κ3) is 4.72. The molecule has 0 aliphatic heterocycles. The lowest BCUT2D eigenvalue weighted by atomic mass is 9.98. The van der Waals surface area contributed by atoms with Crippen LogP contribution in [0.15, 0.2) is 72.3 Å². The highest BCUT2D eigenvalue weighted by molar-refractivity contribution is 5.89. The topological polar surface area (TPSA) is 105 Å². The lowest BCUT2D eigenvalue weighted by molar-refractivity contribution is -0.132. The number of ether oxygens (including phenoxy) is 1. The minimum Gasteiger partial charge on any atom is -0.478 e. The first-order chi connectivity index (χ1) is 15.5. The van der Waals surface area contributed by atoms with Gasteiger partial charge in [-0.3, -0.25) is 4.79 Å². The Morgan fingerprint density at radius 1 is 1.03 bits per heavy atom. The second kappa shape index (κ2) is 9.51. The summed E-state index contributed by atoms with van der Waals surface area (Å²) < 4.78 is 5.44. The van der Waals surface area contributed by atoms with Gasteiger partial charge in [0.25, 0.3) is 0 Å². The molecule has 3 N–H and O–H groups in total. The summed E-state index contributed by atoms with van der Waals surface area (Å²) in [6.07, 6.45) is 4.73. The molecule has 4 rings (SSSR count). The summed E-state index contributed by atoms with van der Waals surface area (Å²) in [6, 6.07) is 16.0. The molecule has 0 spiro atoms. The Morgan fingerprint density at radius 2 is 1.69 bits per heavy atom. The fourth-order valence-corrected chi connectivity index (χ4v) is 4.21. The van der Waals surface area contributed by atoms with Gasteiger partial charge in [-0.25, -0.2) is 9.59 Å². The third-order valence-corrected chi connectivity index (χ3v) is 5.71. The maximum Gasteiger partial charge on any atom is 0.407 e. The van der Waals surface area contributed by atoms with Crippen LogP contribution < -0.4 is 10.6 Å². The average Bonchev–Trinajstić information content (AvgIpc) is 3.38. The number of carbonyl (C=O) groups excluding carboxylic acids is 2. The van der Waals surface area contributed by atoms with E-state index in [1.807, 2.05) is 24.3 Å². The summed E-state index contributed by atoms with van der Waals surface area (Å²) in [5.41, 5.74) is 4.94. The summed E-state index contributed by atoms with van der Waals surface area (Å²) in [7, 11) is 0. The van der Waals surface area contributed by atoms with Gasteiger partial charge in [0.1, 0.15) is 6.61 Å². The number of carboxylic acids is 1. The zero-order chi connectivity index (χ0) is 22.5. The minimum absolute atomic E-state index is 0.00909. The molecule has 0 saturated heterocycles. The van der Waals surface area contributed by atoms with E-state index in [1.54, 1.807) is 6.08 Å². The van der Waals surface area contributed by atoms with Crippen molar-refractivity contribution in [1.82, 2.24) is 10.6 Å². The van der Waals surface area contributed by atoms with Gasteiger partial charge in [-0.15, -0.1) is 0 Å². The first-order valence-electron chi connectivity index (χ1n) is 10.5. The van der Waals surface area contributed by atoms with Gasteiger partial charge in [0, 0.05) is 30.2 Å². The van der Waals surface area contributed by atoms with Crippen molar-refractivity contribution in [2.24, 2.45) is 0 Å². The van der Waals surface area contributed by atoms with Gasteiger partial charge in [0.05, 0.1) is 0 Å². The molecule has 1 unspecified atom stereocenters. The van der Waals surface area contributed by atoms with Crippen molar-refractivity contribution < 1.29 is 24.2 Å². The number of hydrogen-bond donors (Lipinski definition) is 3. The standard InChI is InChI=1S/C25H24N2O5/c28-23(27-17-12-11-16(14-17)24(29)30)10-5-13-26-25(31)32-15-22-20-8-3-1-6-18(20)19-7-2-4-9-21(19)22/h1-11,17,22H,12-15H2,(H,26,31)(H,27,28)(H,29,30)/b10-5+.